The van der Waals surface area contributed by atoms with Gasteiger partial charge in [0.15, 0.2) is 5.11 Å². The molecule has 5 nitrogen and oxygen atoms in total. The zero-order valence-corrected chi connectivity index (χ0v) is 21.8. The fourth-order valence-electron chi connectivity index (χ4n) is 4.18. The summed E-state index contributed by atoms with van der Waals surface area (Å²) in [7, 11) is 0. The zero-order valence-electron chi connectivity index (χ0n) is 19.4. The summed E-state index contributed by atoms with van der Waals surface area (Å²) in [6.45, 7) is 2.70. The van der Waals surface area contributed by atoms with E-state index in [2.05, 4.69) is 9.88 Å². The van der Waals surface area contributed by atoms with Crippen molar-refractivity contribution in [2.24, 2.45) is 0 Å². The number of thioether (sulfide) groups is 1. The minimum absolute atomic E-state index is 0.0450. The molecule has 1 aromatic heterocycles. The fraction of sp³-hybridized carbons (Fsp3) is 0.107. The molecule has 3 aromatic carbocycles. The van der Waals surface area contributed by atoms with Gasteiger partial charge in [-0.1, -0.05) is 41.9 Å². The Kier molecular flexibility index (Phi) is 6.96. The predicted octanol–water partition coefficient (Wildman–Crippen LogP) is 6.23. The number of amides is 2. The van der Waals surface area contributed by atoms with E-state index in [-0.39, 0.29) is 10.7 Å². The Balaban J connectivity index is 1.45. The van der Waals surface area contributed by atoms with Gasteiger partial charge in [0, 0.05) is 44.9 Å². The Morgan fingerprint density at radius 2 is 1.81 bits per heavy atom. The Hall–Kier alpha value is -3.39. The van der Waals surface area contributed by atoms with Gasteiger partial charge in [-0.05, 0) is 73.2 Å². The van der Waals surface area contributed by atoms with Gasteiger partial charge in [-0.25, -0.2) is 0 Å². The van der Waals surface area contributed by atoms with Crippen LogP contribution in [0.3, 0.4) is 0 Å². The first kappa shape index (κ1) is 24.3. The molecule has 0 radical (unpaired) electrons. The molecule has 1 saturated heterocycles. The quantitative estimate of drug-likeness (QED) is 0.139. The van der Waals surface area contributed by atoms with Crippen molar-refractivity contribution in [2.75, 3.05) is 10.7 Å². The van der Waals surface area contributed by atoms with Gasteiger partial charge in [-0.2, -0.15) is 0 Å². The van der Waals surface area contributed by atoms with E-state index in [9.17, 15) is 9.59 Å². The van der Waals surface area contributed by atoms with Crippen molar-refractivity contribution in [3.8, 4) is 0 Å². The third-order valence-corrected chi connectivity index (χ3v) is 7.42. The van der Waals surface area contributed by atoms with Crippen molar-refractivity contribution in [1.29, 1.82) is 0 Å². The molecule has 0 atom stereocenters. The molecule has 1 N–H and O–H groups in total. The number of anilines is 1. The second-order valence-corrected chi connectivity index (χ2v) is 10.4. The number of nitrogens with one attached hydrogen (secondary N) is 1. The standard InChI is InChI=1S/C28H22ClN3O2S2/c1-18-5-4-6-21(15-18)32-27(34)24(26(33)30-28(32)35)16-19-17-31(25-8-3-2-7-23(19)25)13-14-36-22-11-9-20(29)10-12-22/h2-12,15-17H,13-14H2,1H3,(H,30,33,35)/b24-16+. The van der Waals surface area contributed by atoms with Crippen LogP contribution in [0.1, 0.15) is 11.1 Å². The third-order valence-electron chi connectivity index (χ3n) is 5.90. The van der Waals surface area contributed by atoms with Crippen LogP contribution in [0.2, 0.25) is 5.02 Å². The number of aromatic nitrogens is 1. The number of hydrogen-bond donors (Lipinski definition) is 1. The molecule has 2 amide bonds. The smallest absolute Gasteiger partial charge is 0.270 e. The van der Waals surface area contributed by atoms with Crippen molar-refractivity contribution in [3.05, 3.63) is 101 Å². The summed E-state index contributed by atoms with van der Waals surface area (Å²) in [6.07, 6.45) is 3.65. The lowest BCUT2D eigenvalue weighted by molar-refractivity contribution is -0.122. The lowest BCUT2D eigenvalue weighted by Crippen LogP contribution is -2.54. The van der Waals surface area contributed by atoms with Gasteiger partial charge in [-0.3, -0.25) is 19.8 Å². The number of aryl methyl sites for hydroxylation is 2. The number of carbonyl (C=O) groups is 2. The minimum Gasteiger partial charge on any atom is -0.346 e. The van der Waals surface area contributed by atoms with Crippen molar-refractivity contribution >= 4 is 75.2 Å². The molecule has 36 heavy (non-hydrogen) atoms. The van der Waals surface area contributed by atoms with Crippen molar-refractivity contribution in [3.63, 3.8) is 0 Å². The molecular formula is C28H22ClN3O2S2. The minimum atomic E-state index is -0.496. The number of rotatable bonds is 6. The second kappa shape index (κ2) is 10.3. The van der Waals surface area contributed by atoms with Crippen LogP contribution in [-0.4, -0.2) is 27.2 Å². The summed E-state index contributed by atoms with van der Waals surface area (Å²) in [5.41, 5.74) is 3.50. The van der Waals surface area contributed by atoms with E-state index in [1.165, 1.54) is 4.90 Å². The lowest BCUT2D eigenvalue weighted by atomic mass is 10.1. The average Bonchev–Trinajstić information content (AvgIpc) is 3.20. The number of thiocarbonyl (C=S) groups is 1. The highest BCUT2D eigenvalue weighted by Gasteiger charge is 2.34. The first-order valence-electron chi connectivity index (χ1n) is 11.3. The number of hydrogen-bond acceptors (Lipinski definition) is 4. The molecule has 1 aliphatic heterocycles. The topological polar surface area (TPSA) is 54.3 Å². The van der Waals surface area contributed by atoms with E-state index >= 15 is 0 Å². The van der Waals surface area contributed by atoms with Crippen LogP contribution in [-0.2, 0) is 16.1 Å². The summed E-state index contributed by atoms with van der Waals surface area (Å²) in [4.78, 5) is 28.8. The molecule has 0 unspecified atom stereocenters. The largest absolute Gasteiger partial charge is 0.346 e. The maximum Gasteiger partial charge on any atom is 0.270 e. The van der Waals surface area contributed by atoms with E-state index < -0.39 is 11.8 Å². The van der Waals surface area contributed by atoms with Crippen LogP contribution in [0.25, 0.3) is 17.0 Å². The molecule has 5 rings (SSSR count). The molecule has 1 fully saturated rings. The average molecular weight is 532 g/mol. The highest BCUT2D eigenvalue weighted by molar-refractivity contribution is 7.99. The Bertz CT molecular complexity index is 1530. The van der Waals surface area contributed by atoms with Crippen LogP contribution in [0, 0.1) is 6.92 Å². The van der Waals surface area contributed by atoms with Gasteiger partial charge < -0.3 is 4.57 Å². The van der Waals surface area contributed by atoms with Gasteiger partial charge in [0.2, 0.25) is 0 Å². The maximum atomic E-state index is 13.4. The monoisotopic (exact) mass is 531 g/mol. The summed E-state index contributed by atoms with van der Waals surface area (Å²) in [6, 6.07) is 23.2. The first-order chi connectivity index (χ1) is 17.4. The molecule has 0 bridgehead atoms. The van der Waals surface area contributed by atoms with E-state index in [0.29, 0.717) is 5.69 Å². The van der Waals surface area contributed by atoms with Crippen LogP contribution in [0.15, 0.2) is 89.5 Å². The third kappa shape index (κ3) is 4.95. The van der Waals surface area contributed by atoms with Gasteiger partial charge in [0.25, 0.3) is 11.8 Å². The summed E-state index contributed by atoms with van der Waals surface area (Å²) < 4.78 is 2.15. The fourth-order valence-corrected chi connectivity index (χ4v) is 5.44. The van der Waals surface area contributed by atoms with Crippen LogP contribution >= 0.6 is 35.6 Å². The van der Waals surface area contributed by atoms with Gasteiger partial charge >= 0.3 is 0 Å². The number of nitrogens with zero attached hydrogens (tertiary/aromatic N) is 2. The Morgan fingerprint density at radius 3 is 2.58 bits per heavy atom. The zero-order chi connectivity index (χ0) is 25.2. The van der Waals surface area contributed by atoms with Crippen molar-refractivity contribution in [1.82, 2.24) is 9.88 Å². The van der Waals surface area contributed by atoms with Crippen LogP contribution < -0.4 is 10.2 Å². The van der Waals surface area contributed by atoms with Crippen LogP contribution in [0.5, 0.6) is 0 Å². The summed E-state index contributed by atoms with van der Waals surface area (Å²) >= 11 is 13.1. The predicted molar refractivity (Wildman–Crippen MR) is 151 cm³/mol. The number of carbonyl (C=O) groups excluding carboxylic acids is 2. The Morgan fingerprint density at radius 1 is 1.03 bits per heavy atom. The summed E-state index contributed by atoms with van der Waals surface area (Å²) in [5, 5.41) is 4.44. The molecule has 1 aliphatic rings. The van der Waals surface area contributed by atoms with Crippen molar-refractivity contribution in [2.45, 2.75) is 18.4 Å². The molecule has 0 aliphatic carbocycles. The van der Waals surface area contributed by atoms with E-state index in [1.807, 2.05) is 79.9 Å². The molecule has 8 heteroatoms. The molecule has 0 spiro atoms. The van der Waals surface area contributed by atoms with Crippen molar-refractivity contribution < 1.29 is 9.59 Å². The van der Waals surface area contributed by atoms with Gasteiger partial charge in [-0.15, -0.1) is 11.8 Å². The molecule has 2 heterocycles. The van der Waals surface area contributed by atoms with E-state index in [0.717, 1.165) is 44.2 Å². The lowest BCUT2D eigenvalue weighted by Gasteiger charge is -2.29. The molecule has 180 valence electrons. The number of halogens is 1. The normalized spacial score (nSPS) is 15.1. The number of para-hydroxylation sites is 1. The van der Waals surface area contributed by atoms with Gasteiger partial charge in [0.05, 0.1) is 5.69 Å². The van der Waals surface area contributed by atoms with E-state index in [1.54, 1.807) is 23.9 Å². The van der Waals surface area contributed by atoms with E-state index in [4.69, 9.17) is 23.8 Å². The first-order valence-corrected chi connectivity index (χ1v) is 13.1. The summed E-state index contributed by atoms with van der Waals surface area (Å²) in [5.74, 6) is -0.0842. The molecule has 0 saturated carbocycles. The SMILES string of the molecule is Cc1cccc(N2C(=O)/C(=C/c3cn(CCSc4ccc(Cl)cc4)c4ccccc34)C(=O)NC2=S)c1. The highest BCUT2D eigenvalue weighted by atomic mass is 35.5. The Labute approximate surface area is 223 Å². The number of fused-ring (bicyclic) bond motifs is 1. The maximum absolute atomic E-state index is 13.4. The molecular weight excluding hydrogens is 510 g/mol. The van der Waals surface area contributed by atoms with Gasteiger partial charge in [0.1, 0.15) is 5.57 Å². The number of benzene rings is 3. The highest BCUT2D eigenvalue weighted by Crippen LogP contribution is 2.28. The molecule has 4 aromatic rings. The second-order valence-electron chi connectivity index (χ2n) is 8.39. The van der Waals surface area contributed by atoms with Crippen LogP contribution in [0.4, 0.5) is 5.69 Å².